The number of ether oxygens (including phenoxy) is 2. The molecular weight excluding hydrogens is 633 g/mol. The Labute approximate surface area is 246 Å². The van der Waals surface area contributed by atoms with Crippen molar-refractivity contribution in [1.29, 1.82) is 0 Å². The fraction of sp³-hybridized carbons (Fsp3) is 0.524. The highest BCUT2D eigenvalue weighted by molar-refractivity contribution is 8.54. The Kier molecular flexibility index (Phi) is 7.59. The van der Waals surface area contributed by atoms with Gasteiger partial charge in [-0.2, -0.15) is 0 Å². The molecule has 4 aromatic rings. The van der Waals surface area contributed by atoms with Gasteiger partial charge >= 0.3 is 15.1 Å². The molecule has 3 aliphatic rings. The number of hydrogen-bond acceptors (Lipinski definition) is 17. The fourth-order valence-corrected chi connectivity index (χ4v) is 8.32. The molecule has 0 saturated carbocycles. The van der Waals surface area contributed by atoms with Gasteiger partial charge in [-0.1, -0.05) is 0 Å². The second-order valence-electron chi connectivity index (χ2n) is 9.77. The Bertz CT molecular complexity index is 1750. The molecule has 0 spiro atoms. The van der Waals surface area contributed by atoms with Crippen LogP contribution < -0.4 is 11.5 Å². The summed E-state index contributed by atoms with van der Waals surface area (Å²) in [6, 6.07) is 0. The van der Waals surface area contributed by atoms with Gasteiger partial charge < -0.3 is 30.0 Å². The first-order chi connectivity index (χ1) is 20.7. The Morgan fingerprint density at radius 1 is 0.953 bits per heavy atom. The van der Waals surface area contributed by atoms with Crippen LogP contribution in [0.25, 0.3) is 22.3 Å². The minimum absolute atomic E-state index is 0.102. The summed E-state index contributed by atoms with van der Waals surface area (Å²) in [4.78, 5) is 24.6. The van der Waals surface area contributed by atoms with E-state index < -0.39 is 64.7 Å². The number of nitrogen functional groups attached to an aromatic ring is 2. The summed E-state index contributed by atoms with van der Waals surface area (Å²) in [5.74, 6) is 0.274. The number of aromatic nitrogens is 8. The molecule has 7 rings (SSSR count). The van der Waals surface area contributed by atoms with Gasteiger partial charge in [-0.05, 0) is 17.6 Å². The van der Waals surface area contributed by atoms with E-state index in [9.17, 15) is 9.13 Å². The number of nitrogens with two attached hydrogens (primary N) is 2. The van der Waals surface area contributed by atoms with Crippen LogP contribution in [0, 0.1) is 0 Å². The second-order valence-corrected chi connectivity index (χ2v) is 15.0. The number of imidazole rings is 2. The van der Waals surface area contributed by atoms with E-state index in [-0.39, 0.29) is 35.8 Å². The fourth-order valence-electron chi connectivity index (χ4n) is 5.23. The molecule has 43 heavy (non-hydrogen) atoms. The lowest BCUT2D eigenvalue weighted by Gasteiger charge is -2.26. The molecule has 3 saturated heterocycles. The van der Waals surface area contributed by atoms with Crippen molar-refractivity contribution in [3.05, 3.63) is 25.3 Å². The highest BCUT2D eigenvalue weighted by Crippen LogP contribution is 2.62. The summed E-state index contributed by atoms with van der Waals surface area (Å²) in [6.45, 7) is -4.53. The number of hydrogen-bond donors (Lipinski definition) is 2. The first-order valence-electron chi connectivity index (χ1n) is 12.9. The minimum Gasteiger partial charge on any atom is -0.382 e. The summed E-state index contributed by atoms with van der Waals surface area (Å²) in [5, 5.41) is 0. The number of rotatable bonds is 3. The second kappa shape index (κ2) is 11.3. The summed E-state index contributed by atoms with van der Waals surface area (Å²) in [7, 11) is -3.27. The maximum Gasteiger partial charge on any atom is 0.389 e. The Morgan fingerprint density at radius 3 is 2.26 bits per heavy atom. The number of halogens is 1. The minimum atomic E-state index is -3.90. The molecule has 2 bridgehead atoms. The first-order valence-corrected chi connectivity index (χ1v) is 17.5. The summed E-state index contributed by atoms with van der Waals surface area (Å²) in [5.41, 5.74) is 13.0. The van der Waals surface area contributed by atoms with Crippen LogP contribution in [0.15, 0.2) is 25.3 Å². The molecule has 2 unspecified atom stereocenters. The van der Waals surface area contributed by atoms with Crippen LogP contribution in [0.2, 0.25) is 0 Å². The maximum atomic E-state index is 15.9. The molecular formula is C21H25FN10O8P2S. The molecule has 22 heteroatoms. The lowest BCUT2D eigenvalue weighted by Crippen LogP contribution is -2.33. The molecule has 7 heterocycles. The molecule has 0 aliphatic carbocycles. The van der Waals surface area contributed by atoms with Crippen molar-refractivity contribution in [2.24, 2.45) is 0 Å². The van der Waals surface area contributed by atoms with Gasteiger partial charge in [0.2, 0.25) is 0 Å². The molecule has 3 fully saturated rings. The van der Waals surface area contributed by atoms with Gasteiger partial charge in [0.1, 0.15) is 42.0 Å². The van der Waals surface area contributed by atoms with Crippen molar-refractivity contribution in [3.63, 3.8) is 0 Å². The third-order valence-corrected chi connectivity index (χ3v) is 11.5. The van der Waals surface area contributed by atoms with Crippen LogP contribution >= 0.6 is 26.4 Å². The zero-order chi connectivity index (χ0) is 29.9. The van der Waals surface area contributed by atoms with Crippen LogP contribution in [0.4, 0.5) is 16.0 Å². The lowest BCUT2D eigenvalue weighted by molar-refractivity contribution is -0.0557. The van der Waals surface area contributed by atoms with Crippen LogP contribution in [-0.4, -0.2) is 89.1 Å². The molecule has 18 nitrogen and oxygen atoms in total. The van der Waals surface area contributed by atoms with Gasteiger partial charge in [-0.3, -0.25) is 22.7 Å². The predicted octanol–water partition coefficient (Wildman–Crippen LogP) is 2.03. The zero-order valence-corrected chi connectivity index (χ0v) is 24.9. The largest absolute Gasteiger partial charge is 0.389 e. The van der Waals surface area contributed by atoms with Crippen molar-refractivity contribution >= 4 is 60.4 Å². The summed E-state index contributed by atoms with van der Waals surface area (Å²) in [6.07, 6.45) is -1.18. The van der Waals surface area contributed by atoms with Crippen LogP contribution in [-0.2, 0) is 36.7 Å². The predicted molar refractivity (Wildman–Crippen MR) is 149 cm³/mol. The molecule has 4 N–H and O–H groups in total. The van der Waals surface area contributed by atoms with E-state index in [4.69, 9.17) is 39.0 Å². The molecule has 230 valence electrons. The van der Waals surface area contributed by atoms with Gasteiger partial charge in [0.15, 0.2) is 41.6 Å². The summed E-state index contributed by atoms with van der Waals surface area (Å²) < 4.78 is 80.6. The van der Waals surface area contributed by atoms with Gasteiger partial charge in [0.25, 0.3) is 0 Å². The normalized spacial score (nSPS) is 35.4. The van der Waals surface area contributed by atoms with Gasteiger partial charge in [0.05, 0.1) is 32.0 Å². The van der Waals surface area contributed by atoms with E-state index in [1.165, 1.54) is 29.9 Å². The summed E-state index contributed by atoms with van der Waals surface area (Å²) >= 11 is 0.847. The molecule has 9 atom stereocenters. The maximum absolute atomic E-state index is 15.9. The van der Waals surface area contributed by atoms with E-state index in [0.29, 0.717) is 11.2 Å². The molecule has 0 radical (unpaired) electrons. The SMILES string of the molecule is CS[P@]1(=O)OCC2O[C@@H](n3cnc4c(N)ncnc43)[C@H](F)[C@@H]2O[PH](=O)OC[C@@H]2C[C@@H](O1)[C@H](n1cnc3c(N)ncnc31)O2. The van der Waals surface area contributed by atoms with E-state index in [2.05, 4.69) is 29.9 Å². The molecule has 0 amide bonds. The van der Waals surface area contributed by atoms with E-state index in [0.717, 1.165) is 11.4 Å². The van der Waals surface area contributed by atoms with Crippen molar-refractivity contribution in [2.75, 3.05) is 30.9 Å². The highest BCUT2D eigenvalue weighted by atomic mass is 32.7. The zero-order valence-electron chi connectivity index (χ0n) is 22.2. The molecule has 0 aromatic carbocycles. The van der Waals surface area contributed by atoms with Crippen molar-refractivity contribution in [1.82, 2.24) is 39.0 Å². The number of anilines is 2. The van der Waals surface area contributed by atoms with Crippen LogP contribution in [0.3, 0.4) is 0 Å². The van der Waals surface area contributed by atoms with Gasteiger partial charge in [0, 0.05) is 6.42 Å². The van der Waals surface area contributed by atoms with Crippen molar-refractivity contribution < 1.29 is 41.1 Å². The Balaban J connectivity index is 1.18. The Hall–Kier alpha value is -2.80. The average Bonchev–Trinajstić information content (AvgIpc) is 3.77. The third-order valence-electron chi connectivity index (χ3n) is 7.24. The van der Waals surface area contributed by atoms with E-state index >= 15 is 4.39 Å². The Morgan fingerprint density at radius 2 is 1.60 bits per heavy atom. The monoisotopic (exact) mass is 658 g/mol. The average molecular weight is 659 g/mol. The smallest absolute Gasteiger partial charge is 0.382 e. The number of alkyl halides is 1. The van der Waals surface area contributed by atoms with Crippen LogP contribution in [0.5, 0.6) is 0 Å². The van der Waals surface area contributed by atoms with Crippen molar-refractivity contribution in [3.8, 4) is 0 Å². The third kappa shape index (κ3) is 5.19. The number of fused-ring (bicyclic) bond motifs is 5. The standard InChI is InChI=1S/C21H25FN10O8P2S/c1-43-42(34)36-4-11-15(12(22)21(38-11)32-8-30-14-17(24)26-6-28-19(14)32)39-41(33)35-3-9-2-10(40-42)20(37-9)31-7-29-13-16(23)25-5-27-18(13)31/h5-12,15,20-21,41H,2-4H2,1H3,(H2,23,25,27)(H2,24,26,28)/t9-,10+,11?,12+,15+,20+,21+,42+/m0/s1. The van der Waals surface area contributed by atoms with E-state index in [1.54, 1.807) is 10.8 Å². The quantitative estimate of drug-likeness (QED) is 0.300. The highest BCUT2D eigenvalue weighted by Gasteiger charge is 2.51. The van der Waals surface area contributed by atoms with Gasteiger partial charge in [-0.25, -0.2) is 38.9 Å². The first kappa shape index (κ1) is 28.9. The van der Waals surface area contributed by atoms with E-state index in [1.807, 2.05) is 0 Å². The molecule has 4 aromatic heterocycles. The van der Waals surface area contributed by atoms with Crippen molar-refractivity contribution in [2.45, 2.75) is 49.5 Å². The topological polar surface area (TPSA) is 229 Å². The lowest BCUT2D eigenvalue weighted by atomic mass is 10.1. The van der Waals surface area contributed by atoms with Gasteiger partial charge in [-0.15, -0.1) is 0 Å². The number of nitrogens with zero attached hydrogens (tertiary/aromatic N) is 8. The molecule has 3 aliphatic heterocycles. The van der Waals surface area contributed by atoms with Crippen LogP contribution in [0.1, 0.15) is 18.9 Å².